The van der Waals surface area contributed by atoms with Crippen molar-refractivity contribution in [1.82, 2.24) is 0 Å². The summed E-state index contributed by atoms with van der Waals surface area (Å²) in [6, 6.07) is 27.8. The van der Waals surface area contributed by atoms with Gasteiger partial charge in [0, 0.05) is 11.1 Å². The highest BCUT2D eigenvalue weighted by atomic mass is 16.7. The summed E-state index contributed by atoms with van der Waals surface area (Å²) in [6.45, 7) is 10.8. The van der Waals surface area contributed by atoms with Gasteiger partial charge in [0.25, 0.3) is 0 Å². The van der Waals surface area contributed by atoms with Crippen molar-refractivity contribution in [3.63, 3.8) is 0 Å². The Hall–Kier alpha value is -3.08. The summed E-state index contributed by atoms with van der Waals surface area (Å²) in [7, 11) is -0.322. The third kappa shape index (κ3) is 3.35. The Balaban J connectivity index is 1.57. The lowest BCUT2D eigenvalue weighted by Crippen LogP contribution is -2.41. The zero-order valence-corrected chi connectivity index (χ0v) is 21.7. The normalized spacial score (nSPS) is 23.1. The van der Waals surface area contributed by atoms with Crippen LogP contribution in [-0.4, -0.2) is 18.3 Å². The molecule has 1 saturated heterocycles. The van der Waals surface area contributed by atoms with Gasteiger partial charge in [-0.05, 0) is 68.8 Å². The molecule has 3 nitrogen and oxygen atoms in total. The highest BCUT2D eigenvalue weighted by Gasteiger charge is 2.54. The van der Waals surface area contributed by atoms with Crippen LogP contribution in [0.3, 0.4) is 0 Å². The van der Waals surface area contributed by atoms with E-state index in [2.05, 4.69) is 126 Å². The number of benzene rings is 3. The number of hydrogen-bond donors (Lipinski definition) is 0. The number of rotatable bonds is 3. The maximum Gasteiger partial charge on any atom is 0.490 e. The minimum atomic E-state index is -0.454. The zero-order valence-electron chi connectivity index (χ0n) is 21.7. The second-order valence-corrected chi connectivity index (χ2v) is 11.3. The van der Waals surface area contributed by atoms with E-state index in [1.54, 1.807) is 0 Å². The summed E-state index contributed by atoms with van der Waals surface area (Å²) in [4.78, 5) is 0. The van der Waals surface area contributed by atoms with E-state index in [1.807, 2.05) is 0 Å². The van der Waals surface area contributed by atoms with Gasteiger partial charge in [-0.15, -0.1) is 0 Å². The first-order chi connectivity index (χ1) is 17.2. The van der Waals surface area contributed by atoms with E-state index in [0.29, 0.717) is 0 Å². The maximum absolute atomic E-state index is 6.45. The molecule has 2 heterocycles. The molecule has 182 valence electrons. The minimum Gasteiger partial charge on any atom is -0.457 e. The van der Waals surface area contributed by atoms with Crippen molar-refractivity contribution in [2.75, 3.05) is 0 Å². The van der Waals surface area contributed by atoms with Crippen molar-refractivity contribution in [3.8, 4) is 11.5 Å². The van der Waals surface area contributed by atoms with Crippen molar-refractivity contribution < 1.29 is 14.0 Å². The van der Waals surface area contributed by atoms with Crippen LogP contribution < -0.4 is 4.74 Å². The van der Waals surface area contributed by atoms with E-state index >= 15 is 0 Å². The van der Waals surface area contributed by atoms with Crippen LogP contribution in [0.4, 0.5) is 0 Å². The van der Waals surface area contributed by atoms with Crippen LogP contribution >= 0.6 is 0 Å². The van der Waals surface area contributed by atoms with E-state index in [9.17, 15) is 0 Å². The first-order valence-electron chi connectivity index (χ1n) is 12.9. The van der Waals surface area contributed by atoms with Crippen molar-refractivity contribution >= 4 is 7.12 Å². The molecule has 0 aromatic heterocycles. The van der Waals surface area contributed by atoms with Crippen LogP contribution in [0.15, 0.2) is 102 Å². The molecule has 4 heteroatoms. The molecule has 36 heavy (non-hydrogen) atoms. The minimum absolute atomic E-state index is 0.267. The van der Waals surface area contributed by atoms with E-state index < -0.39 is 5.41 Å². The molecule has 3 aromatic rings. The Bertz CT molecular complexity index is 1310. The molecular formula is C32H33BO3. The van der Waals surface area contributed by atoms with Crippen molar-refractivity contribution in [1.29, 1.82) is 0 Å². The molecule has 1 unspecified atom stereocenters. The lowest BCUT2D eigenvalue weighted by atomic mass is 9.57. The predicted molar refractivity (Wildman–Crippen MR) is 145 cm³/mol. The molecule has 0 radical (unpaired) electrons. The molecule has 0 saturated carbocycles. The zero-order chi connectivity index (χ0) is 25.1. The van der Waals surface area contributed by atoms with Crippen LogP contribution in [0.5, 0.6) is 11.5 Å². The number of fused-ring (bicyclic) bond motifs is 2. The number of para-hydroxylation sites is 2. The molecule has 0 N–H and O–H groups in total. The van der Waals surface area contributed by atoms with Crippen LogP contribution in [0.2, 0.25) is 0 Å². The standard InChI is InChI=1S/C32H33BO3/c1-22-21-24(33-35-30(2,3)31(4,5)36-33)19-20-25(22)32(23-13-7-6-8-14-23)26-15-9-11-17-28(26)34-29-18-12-10-16-27(29)32/h6-20,22H,21H2,1-5H3. The topological polar surface area (TPSA) is 27.7 Å². The fourth-order valence-corrected chi connectivity index (χ4v) is 6.03. The lowest BCUT2D eigenvalue weighted by molar-refractivity contribution is 0.00578. The Kier molecular flexibility index (Phi) is 5.33. The van der Waals surface area contributed by atoms with Crippen LogP contribution in [-0.2, 0) is 14.7 Å². The Morgan fingerprint density at radius 3 is 1.78 bits per heavy atom. The monoisotopic (exact) mass is 476 g/mol. The van der Waals surface area contributed by atoms with Gasteiger partial charge in [0.15, 0.2) is 0 Å². The van der Waals surface area contributed by atoms with Gasteiger partial charge in [-0.1, -0.05) is 85.8 Å². The fourth-order valence-electron chi connectivity index (χ4n) is 6.03. The van der Waals surface area contributed by atoms with Gasteiger partial charge in [0.1, 0.15) is 11.5 Å². The van der Waals surface area contributed by atoms with Gasteiger partial charge in [-0.25, -0.2) is 0 Å². The number of allylic oxidation sites excluding steroid dienone is 4. The van der Waals surface area contributed by atoms with Gasteiger partial charge in [0.05, 0.1) is 16.6 Å². The Morgan fingerprint density at radius 1 is 0.694 bits per heavy atom. The Morgan fingerprint density at radius 2 is 1.22 bits per heavy atom. The first-order valence-corrected chi connectivity index (χ1v) is 12.9. The third-order valence-corrected chi connectivity index (χ3v) is 8.55. The fraction of sp³-hybridized carbons (Fsp3) is 0.312. The predicted octanol–water partition coefficient (Wildman–Crippen LogP) is 7.65. The molecule has 3 aromatic carbocycles. The van der Waals surface area contributed by atoms with E-state index in [-0.39, 0.29) is 24.2 Å². The van der Waals surface area contributed by atoms with Gasteiger partial charge in [0.2, 0.25) is 0 Å². The van der Waals surface area contributed by atoms with Gasteiger partial charge in [-0.3, -0.25) is 0 Å². The summed E-state index contributed by atoms with van der Waals surface area (Å²) in [5.41, 5.74) is 5.01. The molecule has 6 rings (SSSR count). The van der Waals surface area contributed by atoms with E-state index in [1.165, 1.54) is 27.7 Å². The van der Waals surface area contributed by atoms with E-state index in [4.69, 9.17) is 14.0 Å². The highest BCUT2D eigenvalue weighted by Crippen LogP contribution is 2.58. The SMILES string of the molecule is CC1CC(B2OC(C)(C)C(C)(C)O2)=CC=C1C1(c2ccccc2)c2ccccc2Oc2ccccc21. The van der Waals surface area contributed by atoms with Crippen molar-refractivity contribution in [3.05, 3.63) is 119 Å². The molecule has 0 amide bonds. The molecule has 0 bridgehead atoms. The first kappa shape index (κ1) is 23.3. The van der Waals surface area contributed by atoms with Crippen LogP contribution in [0.25, 0.3) is 0 Å². The summed E-state index contributed by atoms with van der Waals surface area (Å²) >= 11 is 0. The molecule has 3 aliphatic rings. The molecule has 0 spiro atoms. The van der Waals surface area contributed by atoms with Crippen LogP contribution in [0.1, 0.15) is 57.7 Å². The quantitative estimate of drug-likeness (QED) is 0.364. The highest BCUT2D eigenvalue weighted by molar-refractivity contribution is 6.54. The van der Waals surface area contributed by atoms with Gasteiger partial charge in [-0.2, -0.15) is 0 Å². The average molecular weight is 476 g/mol. The lowest BCUT2D eigenvalue weighted by Gasteiger charge is -2.45. The summed E-state index contributed by atoms with van der Waals surface area (Å²) in [5, 5.41) is 0. The second kappa shape index (κ2) is 8.23. The van der Waals surface area contributed by atoms with Crippen LogP contribution in [0, 0.1) is 5.92 Å². The maximum atomic E-state index is 6.45. The molecule has 1 fully saturated rings. The molecule has 1 atom stereocenters. The number of ether oxygens (including phenoxy) is 1. The van der Waals surface area contributed by atoms with Crippen molar-refractivity contribution in [2.24, 2.45) is 5.92 Å². The van der Waals surface area contributed by atoms with Gasteiger partial charge < -0.3 is 14.0 Å². The largest absolute Gasteiger partial charge is 0.490 e. The summed E-state index contributed by atoms with van der Waals surface area (Å²) in [6.07, 6.45) is 5.44. The smallest absolute Gasteiger partial charge is 0.457 e. The second-order valence-electron chi connectivity index (χ2n) is 11.3. The summed E-state index contributed by atoms with van der Waals surface area (Å²) < 4.78 is 19.3. The van der Waals surface area contributed by atoms with E-state index in [0.717, 1.165) is 17.9 Å². The average Bonchev–Trinajstić information content (AvgIpc) is 3.10. The molecule has 2 aliphatic heterocycles. The summed E-state index contributed by atoms with van der Waals surface area (Å²) in [5.74, 6) is 2.09. The Labute approximate surface area is 214 Å². The molecule has 1 aliphatic carbocycles. The molecular weight excluding hydrogens is 443 g/mol. The third-order valence-electron chi connectivity index (χ3n) is 8.55. The number of hydrogen-bond acceptors (Lipinski definition) is 3. The van der Waals surface area contributed by atoms with Crippen molar-refractivity contribution in [2.45, 2.75) is 57.7 Å². The van der Waals surface area contributed by atoms with Gasteiger partial charge >= 0.3 is 7.12 Å².